The molecule has 1 unspecified atom stereocenters. The van der Waals surface area contributed by atoms with E-state index in [4.69, 9.17) is 9.90 Å². The van der Waals surface area contributed by atoms with Crippen LogP contribution in [0.25, 0.3) is 0 Å². The van der Waals surface area contributed by atoms with Gasteiger partial charge in [0, 0.05) is 31.1 Å². The van der Waals surface area contributed by atoms with E-state index in [0.29, 0.717) is 5.13 Å². The molecule has 8 nitrogen and oxygen atoms in total. The minimum Gasteiger partial charge on any atom is -0.483 e. The predicted molar refractivity (Wildman–Crippen MR) is 96.6 cm³/mol. The van der Waals surface area contributed by atoms with Crippen LogP contribution in [0.3, 0.4) is 0 Å². The Bertz CT molecular complexity index is 861. The highest BCUT2D eigenvalue weighted by Gasteiger charge is 2.36. The normalized spacial score (nSPS) is 15.8. The summed E-state index contributed by atoms with van der Waals surface area (Å²) in [5.74, 6) is -2.46. The lowest BCUT2D eigenvalue weighted by Gasteiger charge is -2.13. The van der Waals surface area contributed by atoms with Crippen molar-refractivity contribution < 1.29 is 28.3 Å². The van der Waals surface area contributed by atoms with Crippen molar-refractivity contribution in [1.29, 1.82) is 0 Å². The van der Waals surface area contributed by atoms with E-state index in [2.05, 4.69) is 15.5 Å². The Labute approximate surface area is 163 Å². The molecule has 0 saturated carbocycles. The number of hydrogen-bond acceptors (Lipinski definition) is 6. The van der Waals surface area contributed by atoms with Gasteiger partial charge in [-0.15, -0.1) is 10.2 Å². The van der Waals surface area contributed by atoms with Crippen molar-refractivity contribution in [2.24, 2.45) is 5.92 Å². The van der Waals surface area contributed by atoms with Gasteiger partial charge in [-0.3, -0.25) is 19.3 Å². The number of carbonyl (C=O) groups excluding carboxylic acids is 2. The second kappa shape index (κ2) is 9.83. The highest BCUT2D eigenvalue weighted by Crippen LogP contribution is 2.28. The zero-order chi connectivity index (χ0) is 20.7. The maximum atomic E-state index is 13.6. The monoisotopic (exact) mass is 412 g/mol. The fourth-order valence-corrected chi connectivity index (χ4v) is 3.36. The maximum Gasteiger partial charge on any atom is 0.290 e. The highest BCUT2D eigenvalue weighted by molar-refractivity contribution is 7.15. The van der Waals surface area contributed by atoms with Gasteiger partial charge in [0.15, 0.2) is 0 Å². The summed E-state index contributed by atoms with van der Waals surface area (Å²) in [5.41, 5.74) is 0.188. The molecule has 1 aromatic heterocycles. The van der Waals surface area contributed by atoms with Crippen molar-refractivity contribution >= 4 is 34.8 Å². The van der Waals surface area contributed by atoms with Gasteiger partial charge in [-0.05, 0) is 12.5 Å². The smallest absolute Gasteiger partial charge is 0.290 e. The summed E-state index contributed by atoms with van der Waals surface area (Å²) in [7, 11) is 0. The Morgan fingerprint density at radius 3 is 2.75 bits per heavy atom. The summed E-state index contributed by atoms with van der Waals surface area (Å²) in [6.07, 6.45) is 0.797. The number of hydrogen-bond donors (Lipinski definition) is 2. The van der Waals surface area contributed by atoms with Crippen LogP contribution in [0, 0.1) is 17.6 Å². The van der Waals surface area contributed by atoms with E-state index in [9.17, 15) is 18.4 Å². The molecule has 0 bridgehead atoms. The SMILES string of the molecule is CCc1nnc(N2CC(C(=O)NCc3ccc(F)cc3F)CC2=O)s1.O=CO. The molecule has 1 fully saturated rings. The second-order valence-electron chi connectivity index (χ2n) is 5.80. The van der Waals surface area contributed by atoms with E-state index in [0.717, 1.165) is 23.6 Å². The van der Waals surface area contributed by atoms with Crippen LogP contribution in [0.5, 0.6) is 0 Å². The van der Waals surface area contributed by atoms with E-state index in [1.165, 1.54) is 22.3 Å². The van der Waals surface area contributed by atoms with Crippen LogP contribution in [-0.2, 0) is 27.3 Å². The highest BCUT2D eigenvalue weighted by atomic mass is 32.1. The number of halogens is 2. The molecule has 2 aromatic rings. The Hall–Kier alpha value is -2.95. The molecule has 150 valence electrons. The molecular formula is C17H18F2N4O4S. The number of carboxylic acid groups (broad SMARTS) is 1. The summed E-state index contributed by atoms with van der Waals surface area (Å²) >= 11 is 1.33. The molecule has 1 aliphatic heterocycles. The van der Waals surface area contributed by atoms with Crippen LogP contribution in [-0.4, -0.2) is 40.1 Å². The van der Waals surface area contributed by atoms with Crippen LogP contribution in [0.2, 0.25) is 0 Å². The second-order valence-corrected chi connectivity index (χ2v) is 6.84. The molecule has 0 spiro atoms. The van der Waals surface area contributed by atoms with Crippen molar-refractivity contribution in [3.63, 3.8) is 0 Å². The number of aromatic nitrogens is 2. The van der Waals surface area contributed by atoms with Crippen LogP contribution >= 0.6 is 11.3 Å². The number of benzene rings is 1. The summed E-state index contributed by atoms with van der Waals surface area (Å²) in [6.45, 7) is 1.85. The number of nitrogens with one attached hydrogen (secondary N) is 1. The molecule has 0 aliphatic carbocycles. The molecule has 1 saturated heterocycles. The summed E-state index contributed by atoms with van der Waals surface area (Å²) in [4.78, 5) is 34.2. The Morgan fingerprint density at radius 2 is 2.14 bits per heavy atom. The van der Waals surface area contributed by atoms with Crippen molar-refractivity contribution in [3.8, 4) is 0 Å². The molecule has 1 aromatic carbocycles. The quantitative estimate of drug-likeness (QED) is 0.724. The Balaban J connectivity index is 0.000000878. The minimum atomic E-state index is -0.717. The van der Waals surface area contributed by atoms with E-state index < -0.39 is 17.6 Å². The Morgan fingerprint density at radius 1 is 1.43 bits per heavy atom. The lowest BCUT2D eigenvalue weighted by Crippen LogP contribution is -2.32. The molecular weight excluding hydrogens is 394 g/mol. The fourth-order valence-electron chi connectivity index (χ4n) is 2.56. The summed E-state index contributed by atoms with van der Waals surface area (Å²) in [6, 6.07) is 3.18. The average Bonchev–Trinajstić information content (AvgIpc) is 3.27. The number of nitrogens with zero attached hydrogens (tertiary/aromatic N) is 3. The van der Waals surface area contributed by atoms with Gasteiger partial charge in [0.1, 0.15) is 16.6 Å². The van der Waals surface area contributed by atoms with Crippen molar-refractivity contribution in [3.05, 3.63) is 40.4 Å². The zero-order valence-electron chi connectivity index (χ0n) is 14.9. The number of amides is 2. The van der Waals surface area contributed by atoms with E-state index in [1.807, 2.05) is 6.92 Å². The lowest BCUT2D eigenvalue weighted by molar-refractivity contribution is -0.126. The van der Waals surface area contributed by atoms with Gasteiger partial charge < -0.3 is 10.4 Å². The number of rotatable bonds is 5. The van der Waals surface area contributed by atoms with Gasteiger partial charge in [0.2, 0.25) is 16.9 Å². The first-order valence-electron chi connectivity index (χ1n) is 8.31. The fraction of sp³-hybridized carbons (Fsp3) is 0.353. The first-order chi connectivity index (χ1) is 13.4. The maximum absolute atomic E-state index is 13.6. The summed E-state index contributed by atoms with van der Waals surface area (Å²) < 4.78 is 26.5. The van der Waals surface area contributed by atoms with Gasteiger partial charge in [0.25, 0.3) is 6.47 Å². The van der Waals surface area contributed by atoms with E-state index in [1.54, 1.807) is 0 Å². The molecule has 2 amide bonds. The van der Waals surface area contributed by atoms with Crippen LogP contribution in [0.1, 0.15) is 23.9 Å². The topological polar surface area (TPSA) is 112 Å². The van der Waals surface area contributed by atoms with Gasteiger partial charge in [0.05, 0.1) is 5.92 Å². The van der Waals surface area contributed by atoms with Gasteiger partial charge in [-0.2, -0.15) is 0 Å². The van der Waals surface area contributed by atoms with Crippen LogP contribution in [0.4, 0.5) is 13.9 Å². The molecule has 1 atom stereocenters. The molecule has 1 aliphatic rings. The van der Waals surface area contributed by atoms with E-state index in [-0.39, 0.29) is 43.4 Å². The molecule has 0 radical (unpaired) electrons. The van der Waals surface area contributed by atoms with Gasteiger partial charge in [-0.1, -0.05) is 24.3 Å². The first kappa shape index (κ1) is 21.4. The van der Waals surface area contributed by atoms with Crippen LogP contribution < -0.4 is 10.2 Å². The molecule has 2 N–H and O–H groups in total. The third-order valence-corrected chi connectivity index (χ3v) is 5.04. The molecule has 11 heteroatoms. The first-order valence-corrected chi connectivity index (χ1v) is 9.13. The van der Waals surface area contributed by atoms with E-state index >= 15 is 0 Å². The molecule has 3 rings (SSSR count). The lowest BCUT2D eigenvalue weighted by atomic mass is 10.1. The van der Waals surface area contributed by atoms with Gasteiger partial charge in [-0.25, -0.2) is 8.78 Å². The number of carbonyl (C=O) groups is 3. The Kier molecular flexibility index (Phi) is 7.50. The van der Waals surface area contributed by atoms with Crippen molar-refractivity contribution in [1.82, 2.24) is 15.5 Å². The predicted octanol–water partition coefficient (Wildman–Crippen LogP) is 1.75. The van der Waals surface area contributed by atoms with Crippen molar-refractivity contribution in [2.75, 3.05) is 11.4 Å². The van der Waals surface area contributed by atoms with Crippen LogP contribution in [0.15, 0.2) is 18.2 Å². The number of aryl methyl sites for hydroxylation is 1. The largest absolute Gasteiger partial charge is 0.483 e. The minimum absolute atomic E-state index is 0.0611. The molecule has 28 heavy (non-hydrogen) atoms. The standard InChI is InChI=1S/C16H16F2N4O2S.CH2O2/c1-2-13-20-21-16(25-13)22-8-10(5-14(22)23)15(24)19-7-9-3-4-11(17)6-12(9)18;2-1-3/h3-4,6,10H,2,5,7-8H2,1H3,(H,19,24);1H,(H,2,3). The van der Waals surface area contributed by atoms with Gasteiger partial charge >= 0.3 is 0 Å². The average molecular weight is 412 g/mol. The number of anilines is 1. The third kappa shape index (κ3) is 5.28. The third-order valence-electron chi connectivity index (χ3n) is 3.95. The van der Waals surface area contributed by atoms with Crippen molar-refractivity contribution in [2.45, 2.75) is 26.3 Å². The summed E-state index contributed by atoms with van der Waals surface area (Å²) in [5, 5.41) is 18.8. The molecule has 2 heterocycles. The zero-order valence-corrected chi connectivity index (χ0v) is 15.7.